The number of hydrogen-bond donors (Lipinski definition) is 1. The molecule has 3 aromatic carbocycles. The van der Waals surface area contributed by atoms with Crippen molar-refractivity contribution >= 4 is 18.1 Å². The van der Waals surface area contributed by atoms with Crippen LogP contribution in [0.4, 0.5) is 10.1 Å². The van der Waals surface area contributed by atoms with Gasteiger partial charge >= 0.3 is 0 Å². The lowest BCUT2D eigenvalue weighted by Gasteiger charge is -2.23. The number of rotatable bonds is 7. The van der Waals surface area contributed by atoms with Crippen LogP contribution in [-0.4, -0.2) is 17.5 Å². The Labute approximate surface area is 183 Å². The molecule has 0 bridgehead atoms. The maximum absolute atomic E-state index is 13.7. The molecular formula is C26H28FNO3. The van der Waals surface area contributed by atoms with Crippen molar-refractivity contribution in [1.29, 1.82) is 0 Å². The summed E-state index contributed by atoms with van der Waals surface area (Å²) < 4.78 is 13.7. The van der Waals surface area contributed by atoms with Gasteiger partial charge in [0.1, 0.15) is 5.82 Å². The minimum absolute atomic E-state index is 0.0232. The van der Waals surface area contributed by atoms with Crippen LogP contribution in [0, 0.1) is 12.7 Å². The zero-order valence-corrected chi connectivity index (χ0v) is 17.9. The van der Waals surface area contributed by atoms with E-state index in [4.69, 9.17) is 9.90 Å². The second kappa shape index (κ2) is 12.3. The maximum Gasteiger partial charge on any atom is 0.290 e. The largest absolute Gasteiger partial charge is 0.483 e. The molecule has 0 spiro atoms. The Morgan fingerprint density at radius 1 is 1.00 bits per heavy atom. The third kappa shape index (κ3) is 7.37. The van der Waals surface area contributed by atoms with E-state index in [0.717, 1.165) is 29.5 Å². The molecule has 0 aromatic heterocycles. The lowest BCUT2D eigenvalue weighted by Crippen LogP contribution is -2.30. The van der Waals surface area contributed by atoms with Crippen molar-refractivity contribution in [1.82, 2.24) is 0 Å². The summed E-state index contributed by atoms with van der Waals surface area (Å²) in [7, 11) is 0. The van der Waals surface area contributed by atoms with Gasteiger partial charge in [0.25, 0.3) is 6.47 Å². The van der Waals surface area contributed by atoms with E-state index in [1.54, 1.807) is 17.0 Å². The fourth-order valence-corrected chi connectivity index (χ4v) is 3.16. The standard InChI is InChI=1S/C25H26FNO.CH2O2/c1-3-4-8-25(28)27(24-7-5-6-23(26)17-24)18-20-11-15-22(16-12-20)21-13-9-19(2)10-14-21;2-1-3/h5-7,9-17H,3-4,8,18H2,1-2H3;1H,(H,2,3). The smallest absolute Gasteiger partial charge is 0.290 e. The third-order valence-electron chi connectivity index (χ3n) is 4.84. The van der Waals surface area contributed by atoms with Gasteiger partial charge in [-0.3, -0.25) is 9.59 Å². The summed E-state index contributed by atoms with van der Waals surface area (Å²) in [5.74, 6) is -0.310. The third-order valence-corrected chi connectivity index (χ3v) is 4.84. The summed E-state index contributed by atoms with van der Waals surface area (Å²) in [6.07, 6.45) is 2.25. The van der Waals surface area contributed by atoms with E-state index in [-0.39, 0.29) is 18.2 Å². The van der Waals surface area contributed by atoms with E-state index in [1.807, 2.05) is 12.1 Å². The van der Waals surface area contributed by atoms with Gasteiger partial charge < -0.3 is 10.0 Å². The molecule has 3 aromatic rings. The Kier molecular flexibility index (Phi) is 9.43. The molecule has 0 aliphatic heterocycles. The fourth-order valence-electron chi connectivity index (χ4n) is 3.16. The summed E-state index contributed by atoms with van der Waals surface area (Å²) in [5.41, 5.74) is 5.15. The number of benzene rings is 3. The fraction of sp³-hybridized carbons (Fsp3) is 0.231. The molecule has 0 aliphatic rings. The highest BCUT2D eigenvalue weighted by atomic mass is 19.1. The summed E-state index contributed by atoms with van der Waals surface area (Å²) in [5, 5.41) is 6.89. The topological polar surface area (TPSA) is 57.6 Å². The van der Waals surface area contributed by atoms with Gasteiger partial charge in [0, 0.05) is 12.1 Å². The average Bonchev–Trinajstić information content (AvgIpc) is 2.77. The van der Waals surface area contributed by atoms with Gasteiger partial charge in [-0.25, -0.2) is 4.39 Å². The van der Waals surface area contributed by atoms with Gasteiger partial charge in [-0.15, -0.1) is 0 Å². The molecule has 3 rings (SSSR count). The average molecular weight is 422 g/mol. The highest BCUT2D eigenvalue weighted by molar-refractivity contribution is 5.93. The number of halogens is 1. The molecule has 0 saturated carbocycles. The van der Waals surface area contributed by atoms with Gasteiger partial charge in [0.15, 0.2) is 0 Å². The molecule has 0 unspecified atom stereocenters. The number of carbonyl (C=O) groups is 2. The zero-order valence-electron chi connectivity index (χ0n) is 17.9. The van der Waals surface area contributed by atoms with E-state index in [2.05, 4.69) is 50.2 Å². The van der Waals surface area contributed by atoms with Crippen LogP contribution < -0.4 is 4.90 Å². The molecule has 162 valence electrons. The number of unbranched alkanes of at least 4 members (excludes halogenated alkanes) is 1. The lowest BCUT2D eigenvalue weighted by molar-refractivity contribution is -0.123. The second-order valence-corrected chi connectivity index (χ2v) is 7.23. The van der Waals surface area contributed by atoms with Gasteiger partial charge in [-0.2, -0.15) is 0 Å². The number of amides is 1. The molecule has 0 atom stereocenters. The number of carbonyl (C=O) groups excluding carboxylic acids is 1. The molecule has 0 saturated heterocycles. The van der Waals surface area contributed by atoms with Crippen molar-refractivity contribution in [2.24, 2.45) is 0 Å². The van der Waals surface area contributed by atoms with Crippen LogP contribution in [0.2, 0.25) is 0 Å². The lowest BCUT2D eigenvalue weighted by atomic mass is 10.0. The van der Waals surface area contributed by atoms with Crippen molar-refractivity contribution in [3.05, 3.63) is 89.7 Å². The second-order valence-electron chi connectivity index (χ2n) is 7.23. The van der Waals surface area contributed by atoms with Gasteiger partial charge in [0.2, 0.25) is 5.91 Å². The monoisotopic (exact) mass is 421 g/mol. The number of anilines is 1. The summed E-state index contributed by atoms with van der Waals surface area (Å²) in [6.45, 7) is 4.31. The first-order valence-corrected chi connectivity index (χ1v) is 10.3. The van der Waals surface area contributed by atoms with E-state index >= 15 is 0 Å². The minimum Gasteiger partial charge on any atom is -0.483 e. The van der Waals surface area contributed by atoms with Crippen LogP contribution >= 0.6 is 0 Å². The number of carboxylic acid groups (broad SMARTS) is 1. The van der Waals surface area contributed by atoms with Gasteiger partial charge in [-0.1, -0.05) is 73.5 Å². The first-order valence-electron chi connectivity index (χ1n) is 10.3. The molecule has 4 nitrogen and oxygen atoms in total. The molecule has 0 heterocycles. The summed E-state index contributed by atoms with van der Waals surface area (Å²) in [4.78, 5) is 22.8. The van der Waals surface area contributed by atoms with E-state index < -0.39 is 0 Å². The van der Waals surface area contributed by atoms with Crippen molar-refractivity contribution < 1.29 is 19.1 Å². The van der Waals surface area contributed by atoms with Crippen LogP contribution in [0.25, 0.3) is 11.1 Å². The molecule has 0 fully saturated rings. The predicted molar refractivity (Wildman–Crippen MR) is 122 cm³/mol. The first-order chi connectivity index (χ1) is 15.0. The minimum atomic E-state index is -0.333. The Bertz CT molecular complexity index is 969. The predicted octanol–water partition coefficient (Wildman–Crippen LogP) is 6.23. The number of nitrogens with zero attached hydrogens (tertiary/aromatic N) is 1. The Balaban J connectivity index is 0.00000107. The first kappa shape index (κ1) is 23.8. The highest BCUT2D eigenvalue weighted by Crippen LogP contribution is 2.23. The summed E-state index contributed by atoms with van der Waals surface area (Å²) in [6, 6.07) is 22.9. The Hall–Kier alpha value is -3.47. The van der Waals surface area contributed by atoms with Crippen molar-refractivity contribution in [2.45, 2.75) is 39.7 Å². The quantitative estimate of drug-likeness (QED) is 0.460. The Morgan fingerprint density at radius 3 is 2.13 bits per heavy atom. The van der Waals surface area contributed by atoms with Crippen molar-refractivity contribution in [2.75, 3.05) is 4.90 Å². The van der Waals surface area contributed by atoms with Crippen LogP contribution in [-0.2, 0) is 16.1 Å². The molecule has 31 heavy (non-hydrogen) atoms. The van der Waals surface area contributed by atoms with Crippen LogP contribution in [0.3, 0.4) is 0 Å². The van der Waals surface area contributed by atoms with E-state index in [9.17, 15) is 9.18 Å². The Morgan fingerprint density at radius 2 is 1.58 bits per heavy atom. The van der Waals surface area contributed by atoms with E-state index in [0.29, 0.717) is 18.7 Å². The van der Waals surface area contributed by atoms with E-state index in [1.165, 1.54) is 17.7 Å². The molecule has 5 heteroatoms. The SMILES string of the molecule is CCCCC(=O)N(Cc1ccc(-c2ccc(C)cc2)cc1)c1cccc(F)c1.O=CO. The van der Waals surface area contributed by atoms with Crippen LogP contribution in [0.15, 0.2) is 72.8 Å². The molecule has 0 aliphatic carbocycles. The number of aryl methyl sites for hydroxylation is 1. The van der Waals surface area contributed by atoms with Crippen molar-refractivity contribution in [3.8, 4) is 11.1 Å². The zero-order chi connectivity index (χ0) is 22.6. The normalized spacial score (nSPS) is 10.0. The van der Waals surface area contributed by atoms with Gasteiger partial charge in [-0.05, 0) is 48.2 Å². The van der Waals surface area contributed by atoms with Crippen molar-refractivity contribution in [3.63, 3.8) is 0 Å². The number of hydrogen-bond acceptors (Lipinski definition) is 2. The highest BCUT2D eigenvalue weighted by Gasteiger charge is 2.16. The van der Waals surface area contributed by atoms with Crippen LogP contribution in [0.5, 0.6) is 0 Å². The molecule has 1 N–H and O–H groups in total. The summed E-state index contributed by atoms with van der Waals surface area (Å²) >= 11 is 0. The van der Waals surface area contributed by atoms with Gasteiger partial charge in [0.05, 0.1) is 6.54 Å². The van der Waals surface area contributed by atoms with Crippen LogP contribution in [0.1, 0.15) is 37.3 Å². The molecule has 1 amide bonds. The maximum atomic E-state index is 13.7. The molecular weight excluding hydrogens is 393 g/mol. The molecule has 0 radical (unpaired) electrons.